The maximum Gasteiger partial charge on any atom is 0.417 e. The van der Waals surface area contributed by atoms with E-state index in [9.17, 15) is 14.4 Å². The number of oxazole rings is 1. The third-order valence-electron chi connectivity index (χ3n) is 6.32. The van der Waals surface area contributed by atoms with Gasteiger partial charge in [-0.1, -0.05) is 23.7 Å². The Kier molecular flexibility index (Phi) is 6.79. The number of carbonyl (C=O) groups is 2. The Morgan fingerprint density at radius 3 is 2.42 bits per heavy atom. The normalized spacial score (nSPS) is 14.0. The van der Waals surface area contributed by atoms with Gasteiger partial charge in [-0.15, -0.1) is 0 Å². The zero-order valence-electron chi connectivity index (χ0n) is 21.1. The summed E-state index contributed by atoms with van der Waals surface area (Å²) in [6.07, 6.45) is 0. The quantitative estimate of drug-likeness (QED) is 0.306. The van der Waals surface area contributed by atoms with Crippen LogP contribution in [0.1, 0.15) is 21.5 Å². The molecule has 3 aromatic carbocycles. The van der Waals surface area contributed by atoms with E-state index in [2.05, 4.69) is 15.6 Å². The van der Waals surface area contributed by atoms with Gasteiger partial charge in [-0.25, -0.2) is 4.79 Å². The van der Waals surface area contributed by atoms with Gasteiger partial charge in [-0.3, -0.25) is 14.6 Å². The Balaban J connectivity index is 1.53. The lowest BCUT2D eigenvalue weighted by molar-refractivity contribution is -0.110. The monoisotopic (exact) mass is 531 g/mol. The molecule has 0 spiro atoms. The predicted molar refractivity (Wildman–Crippen MR) is 149 cm³/mol. The Bertz CT molecular complexity index is 1640. The smallest absolute Gasteiger partial charge is 0.408 e. The van der Waals surface area contributed by atoms with E-state index in [1.165, 1.54) is 0 Å². The number of nitrogens with one attached hydrogen (secondary N) is 3. The fourth-order valence-corrected chi connectivity index (χ4v) is 4.46. The highest BCUT2D eigenvalue weighted by atomic mass is 35.5. The third kappa shape index (κ3) is 5.06. The molecule has 3 N–H and O–H groups in total. The fraction of sp³-hybridized carbons (Fsp3) is 0.179. The standard InChI is InChI=1S/C28H26ClN5O4/c1-33(2)12-13-34(3)27(36)16-4-8-19(9-5-16)30-25(17-6-11-21-23(14-17)38-28(37)32-21)24-20-10-7-18(29)15-22(20)31-26(24)35/h4-11,14-15,30H,12-13H2,1-3H3,(H,31,35)(H,32,37)/b25-24-. The summed E-state index contributed by atoms with van der Waals surface area (Å²) in [5.41, 5.74) is 4.99. The molecule has 0 saturated carbocycles. The van der Waals surface area contributed by atoms with E-state index < -0.39 is 5.76 Å². The number of amides is 2. The minimum Gasteiger partial charge on any atom is -0.408 e. The lowest BCUT2D eigenvalue weighted by Crippen LogP contribution is -2.33. The number of H-pyrrole nitrogens is 1. The van der Waals surface area contributed by atoms with Crippen molar-refractivity contribution >= 4 is 57.2 Å². The van der Waals surface area contributed by atoms with Crippen LogP contribution in [0.15, 0.2) is 69.9 Å². The summed E-state index contributed by atoms with van der Waals surface area (Å²) in [4.78, 5) is 44.0. The van der Waals surface area contributed by atoms with Gasteiger partial charge in [-0.05, 0) is 62.6 Å². The van der Waals surface area contributed by atoms with E-state index in [-0.39, 0.29) is 11.8 Å². The second-order valence-electron chi connectivity index (χ2n) is 9.35. The van der Waals surface area contributed by atoms with Gasteiger partial charge in [-0.2, -0.15) is 0 Å². The molecular weight excluding hydrogens is 506 g/mol. The van der Waals surface area contributed by atoms with Gasteiger partial charge >= 0.3 is 5.76 Å². The van der Waals surface area contributed by atoms with Gasteiger partial charge in [0.2, 0.25) is 0 Å². The maximum atomic E-state index is 13.2. The minimum absolute atomic E-state index is 0.0779. The fourth-order valence-electron chi connectivity index (χ4n) is 4.29. The number of likely N-dealkylation sites (N-methyl/N-ethyl adjacent to an activating group) is 2. The summed E-state index contributed by atoms with van der Waals surface area (Å²) in [5, 5.41) is 6.73. The average molecular weight is 532 g/mol. The first-order valence-electron chi connectivity index (χ1n) is 12.0. The van der Waals surface area contributed by atoms with E-state index in [4.69, 9.17) is 16.0 Å². The molecule has 2 amide bonds. The van der Waals surface area contributed by atoms with Crippen LogP contribution in [0.4, 0.5) is 11.4 Å². The molecule has 0 unspecified atom stereocenters. The molecule has 0 radical (unpaired) electrons. The van der Waals surface area contributed by atoms with Crippen molar-refractivity contribution in [2.24, 2.45) is 0 Å². The molecule has 4 aromatic rings. The van der Waals surface area contributed by atoms with Crippen LogP contribution in [0.3, 0.4) is 0 Å². The molecule has 1 aliphatic heterocycles. The number of fused-ring (bicyclic) bond motifs is 2. The molecule has 1 aromatic heterocycles. The van der Waals surface area contributed by atoms with Crippen LogP contribution in [-0.4, -0.2) is 60.8 Å². The van der Waals surface area contributed by atoms with Crippen molar-refractivity contribution in [2.45, 2.75) is 0 Å². The number of aromatic nitrogens is 1. The molecule has 0 bridgehead atoms. The molecule has 0 aliphatic carbocycles. The summed E-state index contributed by atoms with van der Waals surface area (Å²) < 4.78 is 5.26. The van der Waals surface area contributed by atoms with Crippen LogP contribution < -0.4 is 16.4 Å². The molecule has 0 saturated heterocycles. The number of nitrogens with zero attached hydrogens (tertiary/aromatic N) is 2. The van der Waals surface area contributed by atoms with Crippen LogP contribution in [-0.2, 0) is 4.79 Å². The van der Waals surface area contributed by atoms with Crippen molar-refractivity contribution < 1.29 is 14.0 Å². The van der Waals surface area contributed by atoms with Crippen LogP contribution in [0, 0.1) is 0 Å². The first kappa shape index (κ1) is 25.3. The van der Waals surface area contributed by atoms with Gasteiger partial charge < -0.3 is 24.9 Å². The summed E-state index contributed by atoms with van der Waals surface area (Å²) >= 11 is 6.15. The second kappa shape index (κ2) is 10.2. The molecule has 194 valence electrons. The number of aromatic amines is 1. The first-order chi connectivity index (χ1) is 18.2. The Morgan fingerprint density at radius 2 is 1.68 bits per heavy atom. The van der Waals surface area contributed by atoms with Gasteiger partial charge in [0, 0.05) is 47.5 Å². The second-order valence-corrected chi connectivity index (χ2v) is 9.79. The highest BCUT2D eigenvalue weighted by Gasteiger charge is 2.29. The molecule has 5 rings (SSSR count). The van der Waals surface area contributed by atoms with Gasteiger partial charge in [0.25, 0.3) is 11.8 Å². The largest absolute Gasteiger partial charge is 0.417 e. The SMILES string of the molecule is CN(C)CCN(C)C(=O)c1ccc(N/C(=C2\C(=O)Nc3cc(Cl)ccc32)c2ccc3[nH]c(=O)oc3c2)cc1. The lowest BCUT2D eigenvalue weighted by atomic mass is 9.99. The van der Waals surface area contributed by atoms with E-state index >= 15 is 0 Å². The minimum atomic E-state index is -0.561. The van der Waals surface area contributed by atoms with Crippen LogP contribution in [0.2, 0.25) is 5.02 Å². The highest BCUT2D eigenvalue weighted by Crippen LogP contribution is 2.39. The van der Waals surface area contributed by atoms with Crippen molar-refractivity contribution in [3.8, 4) is 0 Å². The van der Waals surface area contributed by atoms with E-state index in [1.54, 1.807) is 72.6 Å². The number of hydrogen-bond donors (Lipinski definition) is 3. The average Bonchev–Trinajstić information content (AvgIpc) is 3.42. The van der Waals surface area contributed by atoms with Gasteiger partial charge in [0.05, 0.1) is 22.5 Å². The van der Waals surface area contributed by atoms with Crippen molar-refractivity contribution in [1.82, 2.24) is 14.8 Å². The topological polar surface area (TPSA) is 111 Å². The molecule has 38 heavy (non-hydrogen) atoms. The Morgan fingerprint density at radius 1 is 0.947 bits per heavy atom. The van der Waals surface area contributed by atoms with Crippen molar-refractivity contribution in [3.05, 3.63) is 92.9 Å². The Hall–Kier alpha value is -4.34. The number of benzene rings is 3. The molecule has 2 heterocycles. The number of hydrogen-bond acceptors (Lipinski definition) is 6. The van der Waals surface area contributed by atoms with Crippen LogP contribution >= 0.6 is 11.6 Å². The first-order valence-corrected chi connectivity index (χ1v) is 12.3. The molecule has 0 fully saturated rings. The number of rotatable bonds is 7. The Labute approximate surface area is 223 Å². The van der Waals surface area contributed by atoms with Gasteiger partial charge in [0.1, 0.15) is 0 Å². The third-order valence-corrected chi connectivity index (χ3v) is 6.55. The molecule has 10 heteroatoms. The summed E-state index contributed by atoms with van der Waals surface area (Å²) in [7, 11) is 5.70. The summed E-state index contributed by atoms with van der Waals surface area (Å²) in [5.74, 6) is -0.936. The number of carbonyl (C=O) groups excluding carboxylic acids is 2. The zero-order valence-corrected chi connectivity index (χ0v) is 21.8. The molecular formula is C28H26ClN5O4. The molecule has 9 nitrogen and oxygen atoms in total. The molecule has 1 aliphatic rings. The van der Waals surface area contributed by atoms with E-state index in [0.29, 0.717) is 62.0 Å². The zero-order chi connectivity index (χ0) is 27.0. The summed E-state index contributed by atoms with van der Waals surface area (Å²) in [6, 6.07) is 17.5. The summed E-state index contributed by atoms with van der Waals surface area (Å²) in [6.45, 7) is 1.37. The highest BCUT2D eigenvalue weighted by molar-refractivity contribution is 6.38. The van der Waals surface area contributed by atoms with Crippen LogP contribution in [0.25, 0.3) is 22.4 Å². The van der Waals surface area contributed by atoms with Crippen LogP contribution in [0.5, 0.6) is 0 Å². The van der Waals surface area contributed by atoms with Crippen molar-refractivity contribution in [3.63, 3.8) is 0 Å². The van der Waals surface area contributed by atoms with Crippen molar-refractivity contribution in [1.29, 1.82) is 0 Å². The maximum absolute atomic E-state index is 13.2. The van der Waals surface area contributed by atoms with Crippen molar-refractivity contribution in [2.75, 3.05) is 44.9 Å². The lowest BCUT2D eigenvalue weighted by Gasteiger charge is -2.20. The number of anilines is 2. The van der Waals surface area contributed by atoms with Gasteiger partial charge in [0.15, 0.2) is 5.58 Å². The predicted octanol–water partition coefficient (Wildman–Crippen LogP) is 4.34. The number of halogens is 1. The van der Waals surface area contributed by atoms with E-state index in [1.807, 2.05) is 19.0 Å². The molecule has 0 atom stereocenters. The van der Waals surface area contributed by atoms with E-state index in [0.717, 1.165) is 6.54 Å².